The summed E-state index contributed by atoms with van der Waals surface area (Å²) in [5.74, 6) is 0.234. The molecule has 116 valence electrons. The second-order valence-corrected chi connectivity index (χ2v) is 5.32. The van der Waals surface area contributed by atoms with Crippen molar-refractivity contribution in [3.63, 3.8) is 0 Å². The molecule has 1 saturated heterocycles. The molecule has 1 unspecified atom stereocenters. The van der Waals surface area contributed by atoms with Gasteiger partial charge in [0.1, 0.15) is 5.70 Å². The number of hydrogen-bond donors (Lipinski definition) is 1. The summed E-state index contributed by atoms with van der Waals surface area (Å²) in [5, 5.41) is 3.14. The van der Waals surface area contributed by atoms with Crippen molar-refractivity contribution in [2.45, 2.75) is 25.5 Å². The third-order valence-corrected chi connectivity index (χ3v) is 3.74. The maximum Gasteiger partial charge on any atom is 0.222 e. The molecule has 1 atom stereocenters. The van der Waals surface area contributed by atoms with E-state index in [2.05, 4.69) is 15.3 Å². The van der Waals surface area contributed by atoms with E-state index in [-0.39, 0.29) is 12.1 Å². The maximum atomic E-state index is 11.7. The highest BCUT2D eigenvalue weighted by Crippen LogP contribution is 2.14. The minimum Gasteiger partial charge on any atom is -0.360 e. The van der Waals surface area contributed by atoms with E-state index in [1.165, 1.54) is 0 Å². The normalized spacial score (nSPS) is 21.5. The minimum absolute atomic E-state index is 0.234. The molecule has 0 bridgehead atoms. The molecule has 6 heteroatoms. The van der Waals surface area contributed by atoms with Gasteiger partial charge in [-0.1, -0.05) is 6.07 Å². The number of nitrogens with one attached hydrogen (secondary N) is 1. The number of carbonyl (C=O) groups excluding carboxylic acids is 1. The summed E-state index contributed by atoms with van der Waals surface area (Å²) in [7, 11) is 0. The highest BCUT2D eigenvalue weighted by Gasteiger charge is 2.18. The average molecular weight is 300 g/mol. The van der Waals surface area contributed by atoms with E-state index >= 15 is 0 Å². The van der Waals surface area contributed by atoms with Gasteiger partial charge in [-0.2, -0.15) is 0 Å². The largest absolute Gasteiger partial charge is 0.360 e. The monoisotopic (exact) mass is 300 g/mol. The average Bonchev–Trinajstić information content (AvgIpc) is 2.58. The molecule has 3 heterocycles. The van der Waals surface area contributed by atoms with Crippen LogP contribution in [-0.4, -0.2) is 47.9 Å². The Hall–Kier alpha value is -2.21. The third kappa shape index (κ3) is 3.71. The smallest absolute Gasteiger partial charge is 0.222 e. The second-order valence-electron chi connectivity index (χ2n) is 5.32. The van der Waals surface area contributed by atoms with Crippen LogP contribution in [0, 0.1) is 0 Å². The number of amides is 1. The number of likely N-dealkylation sites (tertiary alicyclic amines) is 1. The molecule has 1 aromatic heterocycles. The first-order valence-electron chi connectivity index (χ1n) is 7.64. The Morgan fingerprint density at radius 1 is 1.36 bits per heavy atom. The lowest BCUT2D eigenvalue weighted by Crippen LogP contribution is -2.40. The molecule has 1 amide bonds. The van der Waals surface area contributed by atoms with Gasteiger partial charge in [0.15, 0.2) is 6.23 Å². The predicted molar refractivity (Wildman–Crippen MR) is 84.0 cm³/mol. The van der Waals surface area contributed by atoms with Crippen LogP contribution < -0.4 is 5.32 Å². The SMILES string of the molecule is O=C1CCCCN1CCOC1C=NC(c2ccccn2)=CN1. The van der Waals surface area contributed by atoms with Crippen LogP contribution >= 0.6 is 0 Å². The van der Waals surface area contributed by atoms with Crippen LogP contribution in [0.1, 0.15) is 25.0 Å². The fourth-order valence-corrected chi connectivity index (χ4v) is 2.52. The topological polar surface area (TPSA) is 66.8 Å². The molecule has 1 fully saturated rings. The molecular weight excluding hydrogens is 280 g/mol. The third-order valence-electron chi connectivity index (χ3n) is 3.74. The lowest BCUT2D eigenvalue weighted by atomic mass is 10.1. The van der Waals surface area contributed by atoms with E-state index in [0.29, 0.717) is 19.6 Å². The number of aliphatic imine (C=N–C) groups is 1. The standard InChI is InChI=1S/C16H20N4O2/c21-16-6-2-4-8-20(16)9-10-22-15-12-18-14(11-19-15)13-5-1-3-7-17-13/h1,3,5,7,11-12,15,19H,2,4,6,8-10H2. The van der Waals surface area contributed by atoms with Gasteiger partial charge in [-0.25, -0.2) is 0 Å². The van der Waals surface area contributed by atoms with E-state index in [0.717, 1.165) is 30.8 Å². The van der Waals surface area contributed by atoms with Crippen LogP contribution in [0.2, 0.25) is 0 Å². The highest BCUT2D eigenvalue weighted by atomic mass is 16.5. The highest BCUT2D eigenvalue weighted by molar-refractivity contribution is 5.77. The first-order valence-corrected chi connectivity index (χ1v) is 7.64. The molecular formula is C16H20N4O2. The number of pyridine rings is 1. The maximum absolute atomic E-state index is 11.7. The molecule has 1 N–H and O–H groups in total. The Kier molecular flexibility index (Phi) is 4.80. The first kappa shape index (κ1) is 14.7. The summed E-state index contributed by atoms with van der Waals surface area (Å²) in [6.45, 7) is 1.99. The zero-order valence-corrected chi connectivity index (χ0v) is 12.4. The van der Waals surface area contributed by atoms with E-state index in [4.69, 9.17) is 4.74 Å². The van der Waals surface area contributed by atoms with Gasteiger partial charge in [0.25, 0.3) is 0 Å². The van der Waals surface area contributed by atoms with Crippen LogP contribution in [0.4, 0.5) is 0 Å². The fraction of sp³-hybridized carbons (Fsp3) is 0.438. The Morgan fingerprint density at radius 2 is 2.32 bits per heavy atom. The molecule has 2 aliphatic heterocycles. The second kappa shape index (κ2) is 7.17. The van der Waals surface area contributed by atoms with E-state index in [1.54, 1.807) is 18.6 Å². The number of piperidine rings is 1. The molecule has 3 rings (SSSR count). The quantitative estimate of drug-likeness (QED) is 0.893. The van der Waals surface area contributed by atoms with Gasteiger partial charge in [-0.3, -0.25) is 14.8 Å². The Bertz CT molecular complexity index is 571. The first-order chi connectivity index (χ1) is 10.8. The number of carbonyl (C=O) groups is 1. The van der Waals surface area contributed by atoms with Crippen molar-refractivity contribution in [2.24, 2.45) is 4.99 Å². The van der Waals surface area contributed by atoms with Gasteiger partial charge >= 0.3 is 0 Å². The van der Waals surface area contributed by atoms with Gasteiger partial charge in [-0.15, -0.1) is 0 Å². The van der Waals surface area contributed by atoms with Crippen molar-refractivity contribution < 1.29 is 9.53 Å². The summed E-state index contributed by atoms with van der Waals surface area (Å²) in [6.07, 6.45) is 7.77. The summed E-state index contributed by atoms with van der Waals surface area (Å²) in [5.41, 5.74) is 1.61. The van der Waals surface area contributed by atoms with Crippen LogP contribution in [0.3, 0.4) is 0 Å². The summed E-state index contributed by atoms with van der Waals surface area (Å²) < 4.78 is 5.70. The van der Waals surface area contributed by atoms with Gasteiger partial charge in [0.05, 0.1) is 18.5 Å². The van der Waals surface area contributed by atoms with E-state index in [9.17, 15) is 4.79 Å². The van der Waals surface area contributed by atoms with Crippen molar-refractivity contribution in [1.29, 1.82) is 0 Å². The van der Waals surface area contributed by atoms with Crippen molar-refractivity contribution in [1.82, 2.24) is 15.2 Å². The van der Waals surface area contributed by atoms with Crippen LogP contribution in [0.5, 0.6) is 0 Å². The summed E-state index contributed by atoms with van der Waals surface area (Å²) in [4.78, 5) is 22.2. The summed E-state index contributed by atoms with van der Waals surface area (Å²) in [6, 6.07) is 5.71. The van der Waals surface area contributed by atoms with Gasteiger partial charge in [-0.05, 0) is 25.0 Å². The number of nitrogens with zero attached hydrogens (tertiary/aromatic N) is 3. The van der Waals surface area contributed by atoms with Gasteiger partial charge in [0, 0.05) is 31.9 Å². The van der Waals surface area contributed by atoms with Crippen LogP contribution in [0.15, 0.2) is 35.6 Å². The molecule has 6 nitrogen and oxygen atoms in total. The predicted octanol–water partition coefficient (Wildman–Crippen LogP) is 1.41. The number of ether oxygens (including phenoxy) is 1. The van der Waals surface area contributed by atoms with Crippen LogP contribution in [-0.2, 0) is 9.53 Å². The van der Waals surface area contributed by atoms with Crippen molar-refractivity contribution in [2.75, 3.05) is 19.7 Å². The Labute approximate surface area is 129 Å². The molecule has 0 spiro atoms. The molecule has 22 heavy (non-hydrogen) atoms. The van der Waals surface area contributed by atoms with Gasteiger partial charge in [0.2, 0.25) is 5.91 Å². The molecule has 0 aromatic carbocycles. The Balaban J connectivity index is 1.43. The van der Waals surface area contributed by atoms with Crippen molar-refractivity contribution >= 4 is 17.8 Å². The number of aromatic nitrogens is 1. The van der Waals surface area contributed by atoms with E-state index < -0.39 is 0 Å². The zero-order chi connectivity index (χ0) is 15.2. The summed E-state index contributed by atoms with van der Waals surface area (Å²) >= 11 is 0. The lowest BCUT2D eigenvalue weighted by Gasteiger charge is -2.27. The molecule has 0 radical (unpaired) electrons. The Morgan fingerprint density at radius 3 is 3.05 bits per heavy atom. The fourth-order valence-electron chi connectivity index (χ4n) is 2.52. The van der Waals surface area contributed by atoms with Crippen molar-refractivity contribution in [3.05, 3.63) is 36.3 Å². The van der Waals surface area contributed by atoms with E-state index in [1.807, 2.05) is 23.1 Å². The van der Waals surface area contributed by atoms with Crippen LogP contribution in [0.25, 0.3) is 5.70 Å². The minimum atomic E-state index is -0.257. The molecule has 2 aliphatic rings. The lowest BCUT2D eigenvalue weighted by molar-refractivity contribution is -0.134. The van der Waals surface area contributed by atoms with Gasteiger partial charge < -0.3 is 15.0 Å². The molecule has 0 aliphatic carbocycles. The molecule has 0 saturated carbocycles. The zero-order valence-electron chi connectivity index (χ0n) is 12.4. The van der Waals surface area contributed by atoms with Crippen molar-refractivity contribution in [3.8, 4) is 0 Å². The number of hydrogen-bond acceptors (Lipinski definition) is 5. The molecule has 1 aromatic rings. The number of rotatable bonds is 5.